The average molecular weight is 814 g/mol. The topological polar surface area (TPSA) is 188 Å². The van der Waals surface area contributed by atoms with Crippen molar-refractivity contribution in [2.45, 2.75) is 48.5 Å². The number of amides is 1. The molecule has 4 heterocycles. The quantitative estimate of drug-likeness (QED) is 0.103. The highest BCUT2D eigenvalue weighted by molar-refractivity contribution is 5.77. The van der Waals surface area contributed by atoms with E-state index in [-0.39, 0.29) is 12.1 Å². The number of imidazole rings is 4. The molecule has 0 spiro atoms. The SMILES string of the molecule is CC.CNC.CNC(C)=O.CO.CO.Cc1nc2ccccc2n1C.Cc1nc2ccccc2n1C.Cc1nc2ccccc2n1C.Cc1nc2ccccc2n1C.N. The van der Waals surface area contributed by atoms with Gasteiger partial charge in [0, 0.05) is 56.4 Å². The maximum atomic E-state index is 9.70. The van der Waals surface area contributed by atoms with Crippen LogP contribution in [0.25, 0.3) is 44.1 Å². The summed E-state index contributed by atoms with van der Waals surface area (Å²) in [4.78, 5) is 27.2. The van der Waals surface area contributed by atoms with E-state index < -0.39 is 0 Å². The summed E-state index contributed by atoms with van der Waals surface area (Å²) in [6.45, 7) is 13.5. The van der Waals surface area contributed by atoms with Crippen LogP contribution in [-0.4, -0.2) is 89.7 Å². The van der Waals surface area contributed by atoms with Crippen molar-refractivity contribution in [3.05, 3.63) is 120 Å². The molecule has 8 aromatic rings. The van der Waals surface area contributed by atoms with Crippen molar-refractivity contribution in [3.8, 4) is 0 Å². The van der Waals surface area contributed by atoms with Crippen LogP contribution in [0.5, 0.6) is 0 Å². The third kappa shape index (κ3) is 16.8. The first-order chi connectivity index (χ1) is 27.8. The number of aromatic nitrogens is 8. The molecule has 0 saturated carbocycles. The smallest absolute Gasteiger partial charge is 0.216 e. The number of para-hydroxylation sites is 8. The standard InChI is InChI=1S/4C9H10N2.C3H7NO.C2H7N.C2H6.2CH4O.H3N/c4*1-7-10-8-5-3-4-6-9(8)11(7)2;1-3(5)4-2;1-3-2;3*1-2;/h4*3-6H,1-2H3;1-2H3,(H,4,5);3H,1-2H3;1-2H3;2*2H,1H3;1H3. The zero-order valence-corrected chi connectivity index (χ0v) is 38.3. The number of fused-ring (bicyclic) bond motifs is 4. The van der Waals surface area contributed by atoms with E-state index in [4.69, 9.17) is 10.2 Å². The molecule has 4 aromatic heterocycles. The Labute approximate surface area is 351 Å². The van der Waals surface area contributed by atoms with Gasteiger partial charge >= 0.3 is 0 Å². The maximum Gasteiger partial charge on any atom is 0.216 e. The van der Waals surface area contributed by atoms with Gasteiger partial charge in [0.25, 0.3) is 0 Å². The Kier molecular flexibility index (Phi) is 28.2. The number of aliphatic hydroxyl groups is 2. The third-order valence-corrected chi connectivity index (χ3v) is 8.40. The summed E-state index contributed by atoms with van der Waals surface area (Å²) in [5, 5.41) is 19.1. The van der Waals surface area contributed by atoms with Gasteiger partial charge in [-0.05, 0) is 90.3 Å². The molecule has 0 aliphatic rings. The van der Waals surface area contributed by atoms with E-state index in [0.29, 0.717) is 0 Å². The molecule has 14 heteroatoms. The van der Waals surface area contributed by atoms with Gasteiger partial charge < -0.3 is 45.3 Å². The largest absolute Gasteiger partial charge is 0.400 e. The van der Waals surface area contributed by atoms with E-state index in [0.717, 1.165) is 59.6 Å². The van der Waals surface area contributed by atoms with Gasteiger partial charge in [0.1, 0.15) is 23.3 Å². The predicted octanol–water partition coefficient (Wildman–Crippen LogP) is 7.52. The van der Waals surface area contributed by atoms with E-state index in [9.17, 15) is 4.79 Å². The van der Waals surface area contributed by atoms with Gasteiger partial charge in [-0.2, -0.15) is 0 Å². The minimum Gasteiger partial charge on any atom is -0.400 e. The number of aliphatic hydroxyl groups excluding tert-OH is 2. The summed E-state index contributed by atoms with van der Waals surface area (Å²) in [5.41, 5.74) is 9.10. The molecule has 59 heavy (non-hydrogen) atoms. The van der Waals surface area contributed by atoms with E-state index in [1.54, 1.807) is 7.05 Å². The minimum atomic E-state index is 0. The summed E-state index contributed by atoms with van der Waals surface area (Å²) in [5.74, 6) is 4.25. The Morgan fingerprint density at radius 1 is 0.458 bits per heavy atom. The Balaban J connectivity index is 0. The van der Waals surface area contributed by atoms with Crippen molar-refractivity contribution in [1.82, 2.24) is 55.0 Å². The summed E-state index contributed by atoms with van der Waals surface area (Å²) >= 11 is 0. The van der Waals surface area contributed by atoms with Gasteiger partial charge in [-0.15, -0.1) is 0 Å². The first-order valence-corrected chi connectivity index (χ1v) is 19.0. The number of aryl methyl sites for hydroxylation is 8. The lowest BCUT2D eigenvalue weighted by Crippen LogP contribution is -2.11. The lowest BCUT2D eigenvalue weighted by atomic mass is 10.3. The van der Waals surface area contributed by atoms with E-state index in [1.807, 2.05) is 157 Å². The fourth-order valence-electron chi connectivity index (χ4n) is 5.06. The second-order valence-corrected chi connectivity index (χ2v) is 12.1. The third-order valence-electron chi connectivity index (χ3n) is 8.40. The summed E-state index contributed by atoms with van der Waals surface area (Å²) in [6, 6.07) is 32.6. The van der Waals surface area contributed by atoms with Crippen molar-refractivity contribution in [2.24, 2.45) is 28.2 Å². The zero-order chi connectivity index (χ0) is 44.4. The number of nitrogens with one attached hydrogen (secondary N) is 2. The van der Waals surface area contributed by atoms with Crippen LogP contribution < -0.4 is 16.8 Å². The second kappa shape index (κ2) is 30.2. The first kappa shape index (κ1) is 55.2. The Morgan fingerprint density at radius 2 is 0.610 bits per heavy atom. The van der Waals surface area contributed by atoms with Crippen LogP contribution >= 0.6 is 0 Å². The zero-order valence-electron chi connectivity index (χ0n) is 38.3. The number of hydrogen-bond acceptors (Lipinski definition) is 9. The summed E-state index contributed by atoms with van der Waals surface area (Å²) < 4.78 is 8.37. The molecule has 0 unspecified atom stereocenters. The number of carbonyl (C=O) groups excluding carboxylic acids is 1. The minimum absolute atomic E-state index is 0. The van der Waals surface area contributed by atoms with Crippen LogP contribution in [0.4, 0.5) is 0 Å². The summed E-state index contributed by atoms with van der Waals surface area (Å²) in [7, 11) is 15.5. The maximum absolute atomic E-state index is 9.70. The number of carbonyl (C=O) groups is 1. The van der Waals surface area contributed by atoms with Crippen molar-refractivity contribution >= 4 is 50.0 Å². The normalized spacial score (nSPS) is 9.19. The van der Waals surface area contributed by atoms with Gasteiger partial charge in [0.15, 0.2) is 0 Å². The van der Waals surface area contributed by atoms with Crippen molar-refractivity contribution in [2.75, 3.05) is 35.4 Å². The lowest BCUT2D eigenvalue weighted by molar-refractivity contribution is -0.118. The highest BCUT2D eigenvalue weighted by Gasteiger charge is 2.03. The van der Waals surface area contributed by atoms with Crippen LogP contribution in [0.2, 0.25) is 0 Å². The number of hydrogen-bond donors (Lipinski definition) is 5. The molecule has 0 radical (unpaired) electrons. The molecular formula is C45H71N11O3. The molecular weight excluding hydrogens is 743 g/mol. The van der Waals surface area contributed by atoms with E-state index in [2.05, 4.69) is 73.1 Å². The monoisotopic (exact) mass is 814 g/mol. The highest BCUT2D eigenvalue weighted by Crippen LogP contribution is 2.15. The van der Waals surface area contributed by atoms with Gasteiger partial charge in [0.2, 0.25) is 5.91 Å². The average Bonchev–Trinajstić information content (AvgIpc) is 3.93. The molecule has 0 atom stereocenters. The molecule has 0 aliphatic carbocycles. The Bertz CT molecular complexity index is 2020. The fraction of sp³-hybridized carbons (Fsp3) is 0.356. The van der Waals surface area contributed by atoms with Crippen LogP contribution in [0, 0.1) is 27.7 Å². The number of rotatable bonds is 0. The Morgan fingerprint density at radius 3 is 0.746 bits per heavy atom. The highest BCUT2D eigenvalue weighted by atomic mass is 16.2. The molecule has 0 bridgehead atoms. The van der Waals surface area contributed by atoms with Crippen LogP contribution in [-0.2, 0) is 33.0 Å². The van der Waals surface area contributed by atoms with Crippen LogP contribution in [0.15, 0.2) is 97.1 Å². The van der Waals surface area contributed by atoms with Gasteiger partial charge in [0.05, 0.1) is 44.1 Å². The first-order valence-electron chi connectivity index (χ1n) is 19.0. The fourth-order valence-corrected chi connectivity index (χ4v) is 5.06. The molecule has 4 aromatic carbocycles. The molecule has 7 N–H and O–H groups in total. The molecule has 0 saturated heterocycles. The van der Waals surface area contributed by atoms with Gasteiger partial charge in [-0.25, -0.2) is 19.9 Å². The molecule has 14 nitrogen and oxygen atoms in total. The van der Waals surface area contributed by atoms with Gasteiger partial charge in [-0.3, -0.25) is 4.79 Å². The molecule has 1 amide bonds. The predicted molar refractivity (Wildman–Crippen MR) is 249 cm³/mol. The Hall–Kier alpha value is -5.93. The van der Waals surface area contributed by atoms with Crippen LogP contribution in [0.1, 0.15) is 44.1 Å². The molecule has 324 valence electrons. The molecule has 8 rings (SSSR count). The van der Waals surface area contributed by atoms with Crippen molar-refractivity contribution in [3.63, 3.8) is 0 Å². The number of nitrogens with zero attached hydrogens (tertiary/aromatic N) is 8. The van der Waals surface area contributed by atoms with Crippen molar-refractivity contribution < 1.29 is 15.0 Å². The molecule has 0 fully saturated rings. The molecule has 0 aliphatic heterocycles. The van der Waals surface area contributed by atoms with Crippen molar-refractivity contribution in [1.29, 1.82) is 0 Å². The second-order valence-electron chi connectivity index (χ2n) is 12.1. The lowest BCUT2D eigenvalue weighted by Gasteiger charge is -1.93. The number of benzene rings is 4. The van der Waals surface area contributed by atoms with E-state index in [1.165, 1.54) is 29.0 Å². The van der Waals surface area contributed by atoms with E-state index >= 15 is 0 Å². The van der Waals surface area contributed by atoms with Crippen LogP contribution in [0.3, 0.4) is 0 Å². The summed E-state index contributed by atoms with van der Waals surface area (Å²) in [6.07, 6.45) is 0. The van der Waals surface area contributed by atoms with Gasteiger partial charge in [-0.1, -0.05) is 62.4 Å².